The third-order valence-corrected chi connectivity index (χ3v) is 3.53. The first-order valence-electron chi connectivity index (χ1n) is 6.81. The maximum absolute atomic E-state index is 14.1. The molecule has 0 fully saturated rings. The van der Waals surface area contributed by atoms with Crippen LogP contribution in [0, 0.1) is 12.7 Å². The molecule has 2 heterocycles. The Hall–Kier alpha value is -2.76. The maximum atomic E-state index is 14.1. The fourth-order valence-corrected chi connectivity index (χ4v) is 2.39. The lowest BCUT2D eigenvalue weighted by Crippen LogP contribution is -2.17. The van der Waals surface area contributed by atoms with Crippen LogP contribution < -0.4 is 0 Å². The summed E-state index contributed by atoms with van der Waals surface area (Å²) in [5.41, 5.74) is 2.14. The van der Waals surface area contributed by atoms with Crippen molar-refractivity contribution in [3.8, 4) is 11.4 Å². The number of benzene rings is 1. The summed E-state index contributed by atoms with van der Waals surface area (Å²) in [5, 5.41) is 9.34. The summed E-state index contributed by atoms with van der Waals surface area (Å²) in [5.74, 6) is -1.21. The molecule has 0 amide bonds. The lowest BCUT2D eigenvalue weighted by Gasteiger charge is -2.13. The SMILES string of the molecule is Cc1cnc2c(c1)nc(-c1ccccc1F)n2C(C)C(=O)O. The first-order valence-corrected chi connectivity index (χ1v) is 6.81. The van der Waals surface area contributed by atoms with Gasteiger partial charge in [0.2, 0.25) is 0 Å². The highest BCUT2D eigenvalue weighted by molar-refractivity contribution is 5.82. The minimum absolute atomic E-state index is 0.256. The molecule has 1 N–H and O–H groups in total. The number of carboxylic acid groups (broad SMARTS) is 1. The van der Waals surface area contributed by atoms with Crippen molar-refractivity contribution in [2.75, 3.05) is 0 Å². The number of carbonyl (C=O) groups is 1. The zero-order valence-electron chi connectivity index (χ0n) is 12.1. The van der Waals surface area contributed by atoms with E-state index in [-0.39, 0.29) is 11.4 Å². The van der Waals surface area contributed by atoms with Crippen molar-refractivity contribution >= 4 is 17.1 Å². The number of nitrogens with zero attached hydrogens (tertiary/aromatic N) is 3. The minimum Gasteiger partial charge on any atom is -0.480 e. The zero-order chi connectivity index (χ0) is 15.9. The Bertz CT molecular complexity index is 873. The number of pyridine rings is 1. The molecule has 0 aliphatic carbocycles. The molecule has 6 heteroatoms. The van der Waals surface area contributed by atoms with E-state index in [1.165, 1.54) is 17.6 Å². The van der Waals surface area contributed by atoms with Gasteiger partial charge in [-0.15, -0.1) is 0 Å². The molecule has 112 valence electrons. The fourth-order valence-electron chi connectivity index (χ4n) is 2.39. The summed E-state index contributed by atoms with van der Waals surface area (Å²) in [4.78, 5) is 20.1. The summed E-state index contributed by atoms with van der Waals surface area (Å²) in [6.07, 6.45) is 1.64. The third kappa shape index (κ3) is 2.22. The molecular weight excluding hydrogens is 285 g/mol. The molecule has 1 atom stereocenters. The maximum Gasteiger partial charge on any atom is 0.326 e. The van der Waals surface area contributed by atoms with Gasteiger partial charge in [0, 0.05) is 6.20 Å². The van der Waals surface area contributed by atoms with E-state index in [1.54, 1.807) is 30.5 Å². The molecule has 1 unspecified atom stereocenters. The van der Waals surface area contributed by atoms with E-state index >= 15 is 0 Å². The molecule has 0 radical (unpaired) electrons. The largest absolute Gasteiger partial charge is 0.480 e. The van der Waals surface area contributed by atoms with Crippen LogP contribution in [-0.4, -0.2) is 25.6 Å². The molecule has 1 aromatic carbocycles. The Kier molecular flexibility index (Phi) is 3.36. The van der Waals surface area contributed by atoms with Crippen LogP contribution in [0.25, 0.3) is 22.6 Å². The molecule has 22 heavy (non-hydrogen) atoms. The standard InChI is InChI=1S/C16H14FN3O2/c1-9-7-13-15(18-8-9)20(10(2)16(21)22)14(19-13)11-5-3-4-6-12(11)17/h3-8,10H,1-2H3,(H,21,22). The number of halogens is 1. The molecule has 0 aliphatic rings. The number of fused-ring (bicyclic) bond motifs is 1. The zero-order valence-corrected chi connectivity index (χ0v) is 12.1. The van der Waals surface area contributed by atoms with E-state index < -0.39 is 17.8 Å². The average Bonchev–Trinajstić information content (AvgIpc) is 2.84. The summed E-state index contributed by atoms with van der Waals surface area (Å²) < 4.78 is 15.6. The van der Waals surface area contributed by atoms with Gasteiger partial charge in [-0.1, -0.05) is 12.1 Å². The van der Waals surface area contributed by atoms with Gasteiger partial charge in [0.1, 0.15) is 23.2 Å². The molecule has 5 nitrogen and oxygen atoms in total. The molecule has 0 aliphatic heterocycles. The highest BCUT2D eigenvalue weighted by Gasteiger charge is 2.24. The number of aliphatic carboxylic acids is 1. The number of carboxylic acids is 1. The second kappa shape index (κ2) is 5.22. The van der Waals surface area contributed by atoms with Crippen molar-refractivity contribution in [1.82, 2.24) is 14.5 Å². The minimum atomic E-state index is -1.03. The van der Waals surface area contributed by atoms with E-state index in [1.807, 2.05) is 6.92 Å². The van der Waals surface area contributed by atoms with E-state index in [4.69, 9.17) is 0 Å². The smallest absolute Gasteiger partial charge is 0.326 e. The lowest BCUT2D eigenvalue weighted by atomic mass is 10.2. The van der Waals surface area contributed by atoms with Crippen molar-refractivity contribution in [1.29, 1.82) is 0 Å². The van der Waals surface area contributed by atoms with Crippen LogP contribution in [0.2, 0.25) is 0 Å². The first-order chi connectivity index (χ1) is 10.5. The fraction of sp³-hybridized carbons (Fsp3) is 0.188. The van der Waals surface area contributed by atoms with Crippen LogP contribution in [0.4, 0.5) is 4.39 Å². The van der Waals surface area contributed by atoms with Gasteiger partial charge in [-0.25, -0.2) is 19.2 Å². The summed E-state index contributed by atoms with van der Waals surface area (Å²) in [6, 6.07) is 7.06. The molecule has 3 aromatic rings. The van der Waals surface area contributed by atoms with Gasteiger partial charge < -0.3 is 5.11 Å². The second-order valence-electron chi connectivity index (χ2n) is 5.15. The predicted molar refractivity (Wildman–Crippen MR) is 80.0 cm³/mol. The van der Waals surface area contributed by atoms with Crippen molar-refractivity contribution in [3.05, 3.63) is 47.9 Å². The molecular formula is C16H14FN3O2. The highest BCUT2D eigenvalue weighted by atomic mass is 19.1. The molecule has 0 spiro atoms. The number of rotatable bonds is 3. The summed E-state index contributed by atoms with van der Waals surface area (Å²) in [6.45, 7) is 3.39. The monoisotopic (exact) mass is 299 g/mol. The molecule has 0 bridgehead atoms. The van der Waals surface area contributed by atoms with Gasteiger partial charge in [0.25, 0.3) is 0 Å². The lowest BCUT2D eigenvalue weighted by molar-refractivity contribution is -0.140. The average molecular weight is 299 g/mol. The van der Waals surface area contributed by atoms with Crippen LogP contribution in [0.15, 0.2) is 36.5 Å². The van der Waals surface area contributed by atoms with E-state index in [0.717, 1.165) is 5.56 Å². The normalized spacial score (nSPS) is 12.5. The molecule has 3 rings (SSSR count). The Balaban J connectivity index is 2.36. The van der Waals surface area contributed by atoms with Gasteiger partial charge in [0.15, 0.2) is 5.65 Å². The molecule has 0 saturated heterocycles. The Morgan fingerprint density at radius 2 is 2.09 bits per heavy atom. The Labute approximate surface area is 126 Å². The molecule has 0 saturated carbocycles. The van der Waals surface area contributed by atoms with Gasteiger partial charge >= 0.3 is 5.97 Å². The highest BCUT2D eigenvalue weighted by Crippen LogP contribution is 2.29. The predicted octanol–water partition coefficient (Wildman–Crippen LogP) is 3.19. The third-order valence-electron chi connectivity index (χ3n) is 3.53. The number of aromatic nitrogens is 3. The van der Waals surface area contributed by atoms with Gasteiger partial charge in [0.05, 0.1) is 5.56 Å². The summed E-state index contributed by atoms with van der Waals surface area (Å²) >= 11 is 0. The number of hydrogen-bond donors (Lipinski definition) is 1. The van der Waals surface area contributed by atoms with Crippen molar-refractivity contribution < 1.29 is 14.3 Å². The Morgan fingerprint density at radius 3 is 2.77 bits per heavy atom. The van der Waals surface area contributed by atoms with Crippen LogP contribution in [0.5, 0.6) is 0 Å². The number of imidazole rings is 1. The van der Waals surface area contributed by atoms with E-state index in [2.05, 4.69) is 9.97 Å². The van der Waals surface area contributed by atoms with E-state index in [0.29, 0.717) is 11.2 Å². The van der Waals surface area contributed by atoms with Gasteiger partial charge in [-0.3, -0.25) is 4.57 Å². The summed E-state index contributed by atoms with van der Waals surface area (Å²) in [7, 11) is 0. The van der Waals surface area contributed by atoms with Crippen LogP contribution >= 0.6 is 0 Å². The quantitative estimate of drug-likeness (QED) is 0.806. The van der Waals surface area contributed by atoms with Gasteiger partial charge in [-0.05, 0) is 37.6 Å². The van der Waals surface area contributed by atoms with Crippen LogP contribution in [-0.2, 0) is 4.79 Å². The topological polar surface area (TPSA) is 68.0 Å². The van der Waals surface area contributed by atoms with Crippen LogP contribution in [0.3, 0.4) is 0 Å². The number of hydrogen-bond acceptors (Lipinski definition) is 3. The van der Waals surface area contributed by atoms with Crippen molar-refractivity contribution in [3.63, 3.8) is 0 Å². The van der Waals surface area contributed by atoms with E-state index in [9.17, 15) is 14.3 Å². The van der Waals surface area contributed by atoms with Crippen molar-refractivity contribution in [2.24, 2.45) is 0 Å². The first kappa shape index (κ1) is 14.2. The van der Waals surface area contributed by atoms with Crippen LogP contribution in [0.1, 0.15) is 18.5 Å². The Morgan fingerprint density at radius 1 is 1.36 bits per heavy atom. The van der Waals surface area contributed by atoms with Crippen molar-refractivity contribution in [2.45, 2.75) is 19.9 Å². The molecule has 2 aromatic heterocycles. The second-order valence-corrected chi connectivity index (χ2v) is 5.15. The number of aryl methyl sites for hydroxylation is 1. The van der Waals surface area contributed by atoms with Gasteiger partial charge in [-0.2, -0.15) is 0 Å².